The van der Waals surface area contributed by atoms with Crippen LogP contribution in [0, 0.1) is 5.82 Å². The molecule has 0 bridgehead atoms. The van der Waals surface area contributed by atoms with Crippen molar-refractivity contribution in [3.05, 3.63) is 29.6 Å². The van der Waals surface area contributed by atoms with E-state index in [1.54, 1.807) is 6.07 Å². The lowest BCUT2D eigenvalue weighted by molar-refractivity contribution is 0.616. The van der Waals surface area contributed by atoms with E-state index < -0.39 is 0 Å². The van der Waals surface area contributed by atoms with Crippen molar-refractivity contribution in [2.45, 2.75) is 25.1 Å². The monoisotopic (exact) mass is 273 g/mol. The average Bonchev–Trinajstić information content (AvgIpc) is 2.25. The van der Waals surface area contributed by atoms with Gasteiger partial charge in [-0.25, -0.2) is 4.39 Å². The third-order valence-corrected chi connectivity index (χ3v) is 3.05. The second-order valence-electron chi connectivity index (χ2n) is 3.65. The lowest BCUT2D eigenvalue weighted by atomic mass is 10.1. The smallest absolute Gasteiger partial charge is 0.129 e. The zero-order valence-corrected chi connectivity index (χ0v) is 10.8. The number of unbranched alkanes of at least 4 members (excludes halogenated alkanes) is 1. The molecule has 84 valence electrons. The first kappa shape index (κ1) is 12.5. The number of anilines is 1. The van der Waals surface area contributed by atoms with Crippen molar-refractivity contribution in [2.24, 2.45) is 0 Å². The van der Waals surface area contributed by atoms with Crippen LogP contribution >= 0.6 is 15.9 Å². The van der Waals surface area contributed by atoms with Gasteiger partial charge in [0.25, 0.3) is 0 Å². The Morgan fingerprint density at radius 2 is 2.13 bits per heavy atom. The minimum Gasteiger partial charge on any atom is -0.374 e. The summed E-state index contributed by atoms with van der Waals surface area (Å²) in [5.41, 5.74) is 1.73. The highest BCUT2D eigenvalue weighted by atomic mass is 79.9. The molecule has 1 aromatic carbocycles. The molecule has 0 radical (unpaired) electrons. The van der Waals surface area contributed by atoms with Crippen molar-refractivity contribution >= 4 is 21.6 Å². The quantitative estimate of drug-likeness (QED) is 0.735. The lowest BCUT2D eigenvalue weighted by Crippen LogP contribution is -2.20. The van der Waals surface area contributed by atoms with Gasteiger partial charge in [0.15, 0.2) is 0 Å². The average molecular weight is 274 g/mol. The summed E-state index contributed by atoms with van der Waals surface area (Å²) in [5, 5.41) is 0.561. The van der Waals surface area contributed by atoms with Crippen molar-refractivity contribution in [2.75, 3.05) is 18.5 Å². The Morgan fingerprint density at radius 3 is 2.73 bits per heavy atom. The van der Waals surface area contributed by atoms with Gasteiger partial charge in [0.05, 0.1) is 0 Å². The van der Waals surface area contributed by atoms with Crippen LogP contribution in [0.4, 0.5) is 10.1 Å². The maximum atomic E-state index is 13.5. The number of hydrogen-bond donors (Lipinski definition) is 0. The Balaban J connectivity index is 2.87. The molecule has 3 heteroatoms. The first-order valence-corrected chi connectivity index (χ1v) is 6.37. The molecule has 0 atom stereocenters. The summed E-state index contributed by atoms with van der Waals surface area (Å²) in [7, 11) is 2.01. The highest BCUT2D eigenvalue weighted by molar-refractivity contribution is 9.08. The van der Waals surface area contributed by atoms with Crippen molar-refractivity contribution < 1.29 is 4.39 Å². The van der Waals surface area contributed by atoms with Crippen LogP contribution in [0.5, 0.6) is 0 Å². The van der Waals surface area contributed by atoms with Gasteiger partial charge in [0, 0.05) is 30.2 Å². The third kappa shape index (κ3) is 3.20. The molecule has 1 aromatic rings. The van der Waals surface area contributed by atoms with Gasteiger partial charge in [-0.1, -0.05) is 35.3 Å². The summed E-state index contributed by atoms with van der Waals surface area (Å²) in [6.45, 7) is 3.13. The summed E-state index contributed by atoms with van der Waals surface area (Å²) < 4.78 is 13.5. The predicted octanol–water partition coefficient (Wildman–Crippen LogP) is 3.96. The van der Waals surface area contributed by atoms with Gasteiger partial charge >= 0.3 is 0 Å². The molecule has 0 heterocycles. The zero-order chi connectivity index (χ0) is 11.3. The Hall–Kier alpha value is -0.570. The van der Waals surface area contributed by atoms with Crippen LogP contribution in [0.2, 0.25) is 0 Å². The van der Waals surface area contributed by atoms with E-state index in [-0.39, 0.29) is 5.82 Å². The number of halogens is 2. The summed E-state index contributed by atoms with van der Waals surface area (Å²) in [5.74, 6) is -0.132. The van der Waals surface area contributed by atoms with Gasteiger partial charge in [-0.3, -0.25) is 0 Å². The van der Waals surface area contributed by atoms with Gasteiger partial charge in [-0.2, -0.15) is 0 Å². The van der Waals surface area contributed by atoms with Crippen molar-refractivity contribution in [3.63, 3.8) is 0 Å². The fourth-order valence-corrected chi connectivity index (χ4v) is 2.11. The molecule has 0 aliphatic heterocycles. The maximum Gasteiger partial charge on any atom is 0.129 e. The van der Waals surface area contributed by atoms with Crippen molar-refractivity contribution in [3.8, 4) is 0 Å². The minimum absolute atomic E-state index is 0.132. The minimum atomic E-state index is -0.132. The Morgan fingerprint density at radius 1 is 1.40 bits per heavy atom. The van der Waals surface area contributed by atoms with Crippen LogP contribution in [0.15, 0.2) is 18.2 Å². The van der Waals surface area contributed by atoms with Crippen LogP contribution in [0.3, 0.4) is 0 Å². The van der Waals surface area contributed by atoms with Gasteiger partial charge in [-0.15, -0.1) is 0 Å². The first-order chi connectivity index (χ1) is 7.20. The second kappa shape index (κ2) is 6.11. The molecule has 1 nitrogen and oxygen atoms in total. The van der Waals surface area contributed by atoms with Gasteiger partial charge in [0.1, 0.15) is 5.82 Å². The summed E-state index contributed by atoms with van der Waals surface area (Å²) in [4.78, 5) is 2.11. The first-order valence-electron chi connectivity index (χ1n) is 5.25. The largest absolute Gasteiger partial charge is 0.374 e. The van der Waals surface area contributed by atoms with Gasteiger partial charge < -0.3 is 4.90 Å². The molecule has 0 unspecified atom stereocenters. The summed E-state index contributed by atoms with van der Waals surface area (Å²) in [6, 6.07) is 5.24. The zero-order valence-electron chi connectivity index (χ0n) is 9.26. The molecular formula is C12H17BrFN. The van der Waals surface area contributed by atoms with E-state index in [1.807, 2.05) is 13.1 Å². The standard InChI is InChI=1S/C12H17BrFN/c1-3-4-8-15(2)12-7-5-6-11(14)10(12)9-13/h5-7H,3-4,8-9H2,1-2H3. The van der Waals surface area contributed by atoms with E-state index in [2.05, 4.69) is 27.8 Å². The van der Waals surface area contributed by atoms with E-state index >= 15 is 0 Å². The van der Waals surface area contributed by atoms with Crippen LogP contribution in [0.1, 0.15) is 25.3 Å². The lowest BCUT2D eigenvalue weighted by Gasteiger charge is -2.21. The normalized spacial score (nSPS) is 10.4. The molecule has 0 aromatic heterocycles. The Labute approximate surface area is 99.4 Å². The Bertz CT molecular complexity index is 314. The van der Waals surface area contributed by atoms with Crippen molar-refractivity contribution in [1.82, 2.24) is 0 Å². The maximum absolute atomic E-state index is 13.5. The van der Waals surface area contributed by atoms with E-state index in [4.69, 9.17) is 0 Å². The van der Waals surface area contributed by atoms with Crippen LogP contribution in [-0.2, 0) is 5.33 Å². The molecule has 0 saturated heterocycles. The third-order valence-electron chi connectivity index (χ3n) is 2.49. The molecular weight excluding hydrogens is 257 g/mol. The summed E-state index contributed by atoms with van der Waals surface area (Å²) >= 11 is 3.33. The number of hydrogen-bond acceptors (Lipinski definition) is 1. The highest BCUT2D eigenvalue weighted by Gasteiger charge is 2.10. The number of benzene rings is 1. The molecule has 0 spiro atoms. The summed E-state index contributed by atoms with van der Waals surface area (Å²) in [6.07, 6.45) is 2.29. The molecule has 1 rings (SSSR count). The molecule has 15 heavy (non-hydrogen) atoms. The van der Waals surface area contributed by atoms with Crippen molar-refractivity contribution in [1.29, 1.82) is 0 Å². The second-order valence-corrected chi connectivity index (χ2v) is 4.21. The SMILES string of the molecule is CCCCN(C)c1cccc(F)c1CBr. The fourth-order valence-electron chi connectivity index (χ4n) is 1.55. The molecule has 0 aliphatic rings. The number of alkyl halides is 1. The molecule has 0 amide bonds. The molecule has 0 fully saturated rings. The van der Waals surface area contributed by atoms with Gasteiger partial charge in [0.2, 0.25) is 0 Å². The molecule has 0 N–H and O–H groups in total. The number of rotatable bonds is 5. The molecule has 0 saturated carbocycles. The van der Waals surface area contributed by atoms with Gasteiger partial charge in [-0.05, 0) is 18.6 Å². The van der Waals surface area contributed by atoms with E-state index in [9.17, 15) is 4.39 Å². The topological polar surface area (TPSA) is 3.24 Å². The van der Waals surface area contributed by atoms with Crippen LogP contribution < -0.4 is 4.90 Å². The molecule has 0 aliphatic carbocycles. The highest BCUT2D eigenvalue weighted by Crippen LogP contribution is 2.24. The van der Waals surface area contributed by atoms with E-state index in [0.717, 1.165) is 30.6 Å². The van der Waals surface area contributed by atoms with E-state index in [1.165, 1.54) is 6.07 Å². The number of nitrogens with zero attached hydrogens (tertiary/aromatic N) is 1. The van der Waals surface area contributed by atoms with Crippen LogP contribution in [0.25, 0.3) is 0 Å². The predicted molar refractivity (Wildman–Crippen MR) is 67.2 cm³/mol. The van der Waals surface area contributed by atoms with E-state index in [0.29, 0.717) is 5.33 Å². The van der Waals surface area contributed by atoms with Crippen LogP contribution in [-0.4, -0.2) is 13.6 Å². The fraction of sp³-hybridized carbons (Fsp3) is 0.500. The Kier molecular flexibility index (Phi) is 5.09.